The third-order valence-electron chi connectivity index (χ3n) is 3.99. The monoisotopic (exact) mass is 271 g/mol. The van der Waals surface area contributed by atoms with Crippen LogP contribution >= 0.6 is 0 Å². The minimum absolute atomic E-state index is 0.484. The summed E-state index contributed by atoms with van der Waals surface area (Å²) in [5.41, 5.74) is 3.51. The van der Waals surface area contributed by atoms with Crippen molar-refractivity contribution in [2.75, 3.05) is 23.4 Å². The molecule has 1 unspecified atom stereocenters. The summed E-state index contributed by atoms with van der Waals surface area (Å²) in [5, 5.41) is 1.10. The Bertz CT molecular complexity index is 598. The van der Waals surface area contributed by atoms with Crippen molar-refractivity contribution in [1.82, 2.24) is 9.97 Å². The van der Waals surface area contributed by atoms with E-state index in [0.717, 1.165) is 35.7 Å². The number of para-hydroxylation sites is 1. The summed E-state index contributed by atoms with van der Waals surface area (Å²) in [7, 11) is 0. The fourth-order valence-electron chi connectivity index (χ4n) is 3.03. The number of hydrazine groups is 1. The van der Waals surface area contributed by atoms with Crippen molar-refractivity contribution >= 4 is 22.7 Å². The summed E-state index contributed by atoms with van der Waals surface area (Å²) in [4.78, 5) is 11.3. The summed E-state index contributed by atoms with van der Waals surface area (Å²) in [6.45, 7) is 4.40. The van der Waals surface area contributed by atoms with Gasteiger partial charge < -0.3 is 4.90 Å². The number of nitrogens with two attached hydrogens (primary N) is 1. The van der Waals surface area contributed by atoms with Gasteiger partial charge in [0.15, 0.2) is 0 Å². The normalized spacial score (nSPS) is 18.7. The Labute approximate surface area is 119 Å². The van der Waals surface area contributed by atoms with Crippen LogP contribution < -0.4 is 16.2 Å². The van der Waals surface area contributed by atoms with Gasteiger partial charge in [0.05, 0.1) is 5.52 Å². The second-order valence-corrected chi connectivity index (χ2v) is 5.42. The molecular formula is C15H21N5. The lowest BCUT2D eigenvalue weighted by Crippen LogP contribution is -2.22. The van der Waals surface area contributed by atoms with E-state index in [9.17, 15) is 0 Å². The number of hydrogen-bond acceptors (Lipinski definition) is 5. The van der Waals surface area contributed by atoms with Crippen molar-refractivity contribution in [3.05, 3.63) is 24.3 Å². The Hall–Kier alpha value is -1.88. The van der Waals surface area contributed by atoms with Crippen LogP contribution in [0.5, 0.6) is 0 Å². The zero-order chi connectivity index (χ0) is 13.9. The van der Waals surface area contributed by atoms with Gasteiger partial charge in [0.25, 0.3) is 0 Å². The zero-order valence-corrected chi connectivity index (χ0v) is 11.8. The largest absolute Gasteiger partial charge is 0.356 e. The van der Waals surface area contributed by atoms with Crippen molar-refractivity contribution < 1.29 is 0 Å². The van der Waals surface area contributed by atoms with Crippen molar-refractivity contribution in [2.24, 2.45) is 11.8 Å². The van der Waals surface area contributed by atoms with E-state index in [2.05, 4.69) is 33.3 Å². The summed E-state index contributed by atoms with van der Waals surface area (Å²) in [5.74, 6) is 7.76. The van der Waals surface area contributed by atoms with Gasteiger partial charge in [-0.2, -0.15) is 4.98 Å². The lowest BCUT2D eigenvalue weighted by atomic mass is 10.0. The van der Waals surface area contributed by atoms with E-state index in [1.165, 1.54) is 19.3 Å². The lowest BCUT2D eigenvalue weighted by molar-refractivity contribution is 0.529. The Morgan fingerprint density at radius 2 is 2.20 bits per heavy atom. The first-order valence-electron chi connectivity index (χ1n) is 7.30. The Kier molecular flexibility index (Phi) is 3.69. The van der Waals surface area contributed by atoms with Crippen LogP contribution in [0.2, 0.25) is 0 Å². The van der Waals surface area contributed by atoms with E-state index in [4.69, 9.17) is 5.84 Å². The van der Waals surface area contributed by atoms with Crippen LogP contribution in [0.4, 0.5) is 11.8 Å². The molecule has 1 atom stereocenters. The number of hydrogen-bond donors (Lipinski definition) is 2. The number of nitrogens with zero attached hydrogens (tertiary/aromatic N) is 3. The molecule has 1 aromatic heterocycles. The highest BCUT2D eigenvalue weighted by Gasteiger charge is 2.24. The highest BCUT2D eigenvalue weighted by Crippen LogP contribution is 2.30. The van der Waals surface area contributed by atoms with Crippen LogP contribution in [0.25, 0.3) is 10.9 Å². The van der Waals surface area contributed by atoms with E-state index < -0.39 is 0 Å². The van der Waals surface area contributed by atoms with Gasteiger partial charge in [-0.1, -0.05) is 25.5 Å². The third-order valence-corrected chi connectivity index (χ3v) is 3.99. The molecular weight excluding hydrogens is 250 g/mol. The number of benzene rings is 1. The Morgan fingerprint density at radius 1 is 1.35 bits per heavy atom. The van der Waals surface area contributed by atoms with Crippen LogP contribution in [-0.2, 0) is 0 Å². The molecule has 0 aliphatic carbocycles. The van der Waals surface area contributed by atoms with E-state index in [0.29, 0.717) is 5.95 Å². The minimum Gasteiger partial charge on any atom is -0.356 e. The maximum Gasteiger partial charge on any atom is 0.239 e. The first-order valence-corrected chi connectivity index (χ1v) is 7.30. The summed E-state index contributed by atoms with van der Waals surface area (Å²) < 4.78 is 0. The number of nitrogens with one attached hydrogen (secondary N) is 1. The number of nitrogen functional groups attached to an aromatic ring is 1. The van der Waals surface area contributed by atoms with Crippen LogP contribution in [0, 0.1) is 5.92 Å². The van der Waals surface area contributed by atoms with Gasteiger partial charge in [0, 0.05) is 18.5 Å². The van der Waals surface area contributed by atoms with Gasteiger partial charge in [-0.3, -0.25) is 5.43 Å². The molecule has 0 spiro atoms. The number of aromatic nitrogens is 2. The number of anilines is 2. The van der Waals surface area contributed by atoms with Crippen LogP contribution in [0.3, 0.4) is 0 Å². The second-order valence-electron chi connectivity index (χ2n) is 5.42. The van der Waals surface area contributed by atoms with E-state index in [1.54, 1.807) is 0 Å². The quantitative estimate of drug-likeness (QED) is 0.660. The summed E-state index contributed by atoms with van der Waals surface area (Å²) in [6.07, 6.45) is 3.79. The highest BCUT2D eigenvalue weighted by molar-refractivity contribution is 5.90. The molecule has 20 heavy (non-hydrogen) atoms. The van der Waals surface area contributed by atoms with Crippen LogP contribution in [0.1, 0.15) is 26.2 Å². The SMILES string of the molecule is CCCC1CCN(c2nc(NN)nc3ccccc23)C1. The standard InChI is InChI=1S/C15H21N5/c1-2-5-11-8-9-20(10-11)14-12-6-3-4-7-13(12)17-15(18-14)19-16/h3-4,6-7,11H,2,5,8-10,16H2,1H3,(H,17,18,19). The molecule has 3 N–H and O–H groups in total. The predicted molar refractivity (Wildman–Crippen MR) is 82.6 cm³/mol. The van der Waals surface area contributed by atoms with Crippen molar-refractivity contribution in [2.45, 2.75) is 26.2 Å². The molecule has 5 heteroatoms. The molecule has 2 heterocycles. The fraction of sp³-hybridized carbons (Fsp3) is 0.467. The Balaban J connectivity index is 1.98. The fourth-order valence-corrected chi connectivity index (χ4v) is 3.03. The maximum atomic E-state index is 5.49. The van der Waals surface area contributed by atoms with Crippen molar-refractivity contribution in [1.29, 1.82) is 0 Å². The van der Waals surface area contributed by atoms with Crippen molar-refractivity contribution in [3.8, 4) is 0 Å². The number of rotatable bonds is 4. The molecule has 0 saturated carbocycles. The maximum absolute atomic E-state index is 5.49. The number of fused-ring (bicyclic) bond motifs is 1. The molecule has 2 aromatic rings. The smallest absolute Gasteiger partial charge is 0.239 e. The van der Waals surface area contributed by atoms with Gasteiger partial charge in [-0.25, -0.2) is 10.8 Å². The Morgan fingerprint density at radius 3 is 3.00 bits per heavy atom. The van der Waals surface area contributed by atoms with Crippen molar-refractivity contribution in [3.63, 3.8) is 0 Å². The minimum atomic E-state index is 0.484. The average molecular weight is 271 g/mol. The van der Waals surface area contributed by atoms with Gasteiger partial charge >= 0.3 is 0 Å². The molecule has 0 amide bonds. The van der Waals surface area contributed by atoms with E-state index >= 15 is 0 Å². The lowest BCUT2D eigenvalue weighted by Gasteiger charge is -2.20. The summed E-state index contributed by atoms with van der Waals surface area (Å²) >= 11 is 0. The predicted octanol–water partition coefficient (Wildman–Crippen LogP) is 2.54. The van der Waals surface area contributed by atoms with Gasteiger partial charge in [0.2, 0.25) is 5.95 Å². The first-order chi connectivity index (χ1) is 9.81. The van der Waals surface area contributed by atoms with Crippen LogP contribution in [-0.4, -0.2) is 23.1 Å². The summed E-state index contributed by atoms with van der Waals surface area (Å²) in [6, 6.07) is 8.10. The average Bonchev–Trinajstić information content (AvgIpc) is 2.95. The van der Waals surface area contributed by atoms with Crippen LogP contribution in [0.15, 0.2) is 24.3 Å². The molecule has 106 valence electrons. The molecule has 5 nitrogen and oxygen atoms in total. The molecule has 3 rings (SSSR count). The zero-order valence-electron chi connectivity index (χ0n) is 11.8. The van der Waals surface area contributed by atoms with Gasteiger partial charge in [0.1, 0.15) is 5.82 Å². The third kappa shape index (κ3) is 2.41. The molecule has 1 aliphatic rings. The molecule has 1 aliphatic heterocycles. The first kappa shape index (κ1) is 13.1. The topological polar surface area (TPSA) is 67.1 Å². The molecule has 1 aromatic carbocycles. The second kappa shape index (κ2) is 5.63. The molecule has 0 radical (unpaired) electrons. The molecule has 0 bridgehead atoms. The molecule has 1 fully saturated rings. The van der Waals surface area contributed by atoms with Gasteiger partial charge in [-0.05, 0) is 30.9 Å². The highest BCUT2D eigenvalue weighted by atomic mass is 15.3. The molecule has 1 saturated heterocycles. The van der Waals surface area contributed by atoms with Gasteiger partial charge in [-0.15, -0.1) is 0 Å². The van der Waals surface area contributed by atoms with E-state index in [1.807, 2.05) is 18.2 Å². The van der Waals surface area contributed by atoms with E-state index in [-0.39, 0.29) is 0 Å².